The average Bonchev–Trinajstić information content (AvgIpc) is 3.21. The number of hydrogen-bond acceptors (Lipinski definition) is 3. The van der Waals surface area contributed by atoms with E-state index in [-0.39, 0.29) is 11.7 Å². The van der Waals surface area contributed by atoms with Crippen molar-refractivity contribution in [3.05, 3.63) is 92.7 Å². The molecule has 174 valence electrons. The van der Waals surface area contributed by atoms with Gasteiger partial charge in [0, 0.05) is 32.3 Å². The number of nitrogens with one attached hydrogen (secondary N) is 1. The highest BCUT2D eigenvalue weighted by Crippen LogP contribution is 2.40. The quantitative estimate of drug-likeness (QED) is 0.290. The van der Waals surface area contributed by atoms with Gasteiger partial charge in [-0.3, -0.25) is 4.79 Å². The van der Waals surface area contributed by atoms with Gasteiger partial charge in [-0.05, 0) is 88.7 Å². The number of methoxy groups -OCH3 is 1. The third-order valence-electron chi connectivity index (χ3n) is 6.09. The molecule has 2 heterocycles. The fourth-order valence-electron chi connectivity index (χ4n) is 4.58. The first-order chi connectivity index (χ1) is 16.4. The lowest BCUT2D eigenvalue weighted by molar-refractivity contribution is -0.0498. The standard InChI is InChI=1S/C26H21F2IN2O3/c1-33-19-9-10-22-21(14-19)20-11-12-31(25(32)16-3-2-4-17(29)13-16)24(23(20)30-22)15-5-7-18(8-6-15)34-26(27)28/h2-10,13-14,24,26,30H,11-12H2,1H3/t24-/m0/s1. The molecule has 8 heteroatoms. The number of benzene rings is 3. The largest absolute Gasteiger partial charge is 0.497 e. The van der Waals surface area contributed by atoms with Crippen LogP contribution in [0.15, 0.2) is 66.7 Å². The van der Waals surface area contributed by atoms with Gasteiger partial charge in [0.05, 0.1) is 13.2 Å². The van der Waals surface area contributed by atoms with Gasteiger partial charge in [0.25, 0.3) is 5.91 Å². The highest BCUT2D eigenvalue weighted by atomic mass is 127. The van der Waals surface area contributed by atoms with Crippen molar-refractivity contribution in [3.63, 3.8) is 0 Å². The van der Waals surface area contributed by atoms with Gasteiger partial charge in [-0.2, -0.15) is 8.78 Å². The summed E-state index contributed by atoms with van der Waals surface area (Å²) in [7, 11) is 1.63. The van der Waals surface area contributed by atoms with Crippen LogP contribution in [0.2, 0.25) is 0 Å². The van der Waals surface area contributed by atoms with E-state index < -0.39 is 12.7 Å². The Kier molecular flexibility index (Phi) is 6.16. The lowest BCUT2D eigenvalue weighted by Gasteiger charge is -2.36. The third kappa shape index (κ3) is 4.22. The molecule has 0 radical (unpaired) electrons. The first-order valence-electron chi connectivity index (χ1n) is 10.7. The zero-order valence-electron chi connectivity index (χ0n) is 18.2. The summed E-state index contributed by atoms with van der Waals surface area (Å²) in [6.45, 7) is -2.38. The van der Waals surface area contributed by atoms with Crippen LogP contribution in [0, 0.1) is 3.57 Å². The number of H-pyrrole nitrogens is 1. The second-order valence-corrected chi connectivity index (χ2v) is 9.28. The summed E-state index contributed by atoms with van der Waals surface area (Å²) in [4.78, 5) is 19.0. The number of halogens is 3. The van der Waals surface area contributed by atoms with E-state index in [9.17, 15) is 13.6 Å². The summed E-state index contributed by atoms with van der Waals surface area (Å²) in [6, 6.07) is 19.4. The maximum absolute atomic E-state index is 13.6. The summed E-state index contributed by atoms with van der Waals surface area (Å²) < 4.78 is 36.2. The Balaban J connectivity index is 1.62. The van der Waals surface area contributed by atoms with Crippen LogP contribution >= 0.6 is 22.6 Å². The molecule has 1 N–H and O–H groups in total. The Bertz CT molecular complexity index is 1350. The smallest absolute Gasteiger partial charge is 0.387 e. The number of ether oxygens (including phenoxy) is 2. The van der Waals surface area contributed by atoms with E-state index >= 15 is 0 Å². The zero-order valence-corrected chi connectivity index (χ0v) is 20.4. The van der Waals surface area contributed by atoms with Crippen LogP contribution in [-0.2, 0) is 6.42 Å². The van der Waals surface area contributed by atoms with Gasteiger partial charge in [0.15, 0.2) is 0 Å². The summed E-state index contributed by atoms with van der Waals surface area (Å²) in [5, 5.41) is 1.05. The molecule has 34 heavy (non-hydrogen) atoms. The number of amides is 1. The second-order valence-electron chi connectivity index (χ2n) is 8.04. The van der Waals surface area contributed by atoms with E-state index in [2.05, 4.69) is 32.3 Å². The molecule has 1 aliphatic heterocycles. The van der Waals surface area contributed by atoms with Crippen molar-refractivity contribution in [1.82, 2.24) is 9.88 Å². The van der Waals surface area contributed by atoms with Gasteiger partial charge < -0.3 is 19.4 Å². The number of rotatable bonds is 5. The van der Waals surface area contributed by atoms with Gasteiger partial charge >= 0.3 is 6.61 Å². The number of hydrogen-bond donors (Lipinski definition) is 1. The normalized spacial score (nSPS) is 15.4. The lowest BCUT2D eigenvalue weighted by atomic mass is 9.91. The Labute approximate surface area is 208 Å². The van der Waals surface area contributed by atoms with E-state index in [0.29, 0.717) is 18.5 Å². The van der Waals surface area contributed by atoms with Crippen LogP contribution in [0.4, 0.5) is 8.78 Å². The molecule has 3 aromatic carbocycles. The van der Waals surface area contributed by atoms with Crippen molar-refractivity contribution in [2.45, 2.75) is 19.1 Å². The molecule has 5 nitrogen and oxygen atoms in total. The van der Waals surface area contributed by atoms with Gasteiger partial charge in [-0.25, -0.2) is 0 Å². The van der Waals surface area contributed by atoms with Gasteiger partial charge in [0.1, 0.15) is 11.5 Å². The van der Waals surface area contributed by atoms with Crippen LogP contribution in [0.5, 0.6) is 11.5 Å². The number of carbonyl (C=O) groups is 1. The van der Waals surface area contributed by atoms with E-state index in [1.165, 1.54) is 12.1 Å². The maximum Gasteiger partial charge on any atom is 0.387 e. The third-order valence-corrected chi connectivity index (χ3v) is 6.76. The molecule has 0 fully saturated rings. The fraction of sp³-hybridized carbons (Fsp3) is 0.192. The van der Waals surface area contributed by atoms with Crippen LogP contribution in [0.1, 0.15) is 33.2 Å². The summed E-state index contributed by atoms with van der Waals surface area (Å²) in [5.74, 6) is 0.752. The molecule has 1 aromatic heterocycles. The predicted octanol–water partition coefficient (Wildman–Crippen LogP) is 6.17. The topological polar surface area (TPSA) is 54.6 Å². The van der Waals surface area contributed by atoms with Crippen molar-refractivity contribution in [2.24, 2.45) is 0 Å². The molecule has 1 amide bonds. The summed E-state index contributed by atoms with van der Waals surface area (Å²) in [5.41, 5.74) is 4.40. The van der Waals surface area contributed by atoms with Crippen molar-refractivity contribution in [1.29, 1.82) is 0 Å². The van der Waals surface area contributed by atoms with Gasteiger partial charge in [0.2, 0.25) is 0 Å². The molecule has 4 aromatic rings. The minimum Gasteiger partial charge on any atom is -0.497 e. The van der Waals surface area contributed by atoms with E-state index in [1.807, 2.05) is 47.4 Å². The van der Waals surface area contributed by atoms with Crippen LogP contribution < -0.4 is 9.47 Å². The molecular formula is C26H21F2IN2O3. The maximum atomic E-state index is 13.6. The first kappa shape index (κ1) is 22.6. The molecule has 0 saturated carbocycles. The Morgan fingerprint density at radius 3 is 2.56 bits per heavy atom. The molecular weight excluding hydrogens is 553 g/mol. The van der Waals surface area contributed by atoms with Crippen LogP contribution in [0.3, 0.4) is 0 Å². The highest BCUT2D eigenvalue weighted by molar-refractivity contribution is 14.1. The van der Waals surface area contributed by atoms with Gasteiger partial charge in [-0.15, -0.1) is 0 Å². The number of fused-ring (bicyclic) bond motifs is 3. The fourth-order valence-corrected chi connectivity index (χ4v) is 5.12. The Morgan fingerprint density at radius 1 is 1.09 bits per heavy atom. The Morgan fingerprint density at radius 2 is 1.85 bits per heavy atom. The molecule has 0 saturated heterocycles. The summed E-state index contributed by atoms with van der Waals surface area (Å²) in [6.07, 6.45) is 0.682. The molecule has 0 aliphatic carbocycles. The molecule has 0 unspecified atom stereocenters. The molecule has 0 spiro atoms. The first-order valence-corrected chi connectivity index (χ1v) is 11.8. The van der Waals surface area contributed by atoms with E-state index in [1.54, 1.807) is 19.2 Å². The zero-order chi connectivity index (χ0) is 23.8. The lowest BCUT2D eigenvalue weighted by Crippen LogP contribution is -2.40. The SMILES string of the molecule is COc1ccc2[nH]c3c(c2c1)CCN(C(=O)c1cccc(I)c1)[C@H]3c1ccc(OC(F)F)cc1. The number of aromatic nitrogens is 1. The average molecular weight is 574 g/mol. The monoisotopic (exact) mass is 574 g/mol. The Hall–Kier alpha value is -3.14. The van der Waals surface area contributed by atoms with Crippen molar-refractivity contribution in [3.8, 4) is 11.5 Å². The molecule has 1 aliphatic rings. The molecule has 0 bridgehead atoms. The van der Waals surface area contributed by atoms with Crippen molar-refractivity contribution in [2.75, 3.05) is 13.7 Å². The minimum absolute atomic E-state index is 0.0756. The van der Waals surface area contributed by atoms with Crippen LogP contribution in [0.25, 0.3) is 10.9 Å². The minimum atomic E-state index is -2.89. The van der Waals surface area contributed by atoms with Crippen molar-refractivity contribution >= 4 is 39.4 Å². The van der Waals surface area contributed by atoms with E-state index in [4.69, 9.17) is 4.74 Å². The number of aromatic amines is 1. The number of carbonyl (C=O) groups excluding carboxylic acids is 1. The van der Waals surface area contributed by atoms with Gasteiger partial charge in [-0.1, -0.05) is 18.2 Å². The molecule has 1 atom stereocenters. The highest BCUT2D eigenvalue weighted by Gasteiger charge is 2.35. The van der Waals surface area contributed by atoms with Crippen LogP contribution in [-0.4, -0.2) is 36.1 Å². The van der Waals surface area contributed by atoms with Crippen molar-refractivity contribution < 1.29 is 23.0 Å². The second kappa shape index (κ2) is 9.25. The van der Waals surface area contributed by atoms with E-state index in [0.717, 1.165) is 37.0 Å². The summed E-state index contributed by atoms with van der Waals surface area (Å²) >= 11 is 2.19. The number of nitrogens with zero attached hydrogens (tertiary/aromatic N) is 1. The predicted molar refractivity (Wildman–Crippen MR) is 134 cm³/mol. The number of alkyl halides is 2. The molecule has 5 rings (SSSR count).